The van der Waals surface area contributed by atoms with E-state index in [1.165, 1.54) is 25.7 Å². The van der Waals surface area contributed by atoms with Crippen LogP contribution in [0.3, 0.4) is 0 Å². The molecule has 2 unspecified atom stereocenters. The molecule has 0 N–H and O–H groups in total. The summed E-state index contributed by atoms with van der Waals surface area (Å²) in [5.74, 6) is 0. The van der Waals surface area contributed by atoms with E-state index in [-0.39, 0.29) is 12.5 Å². The molecule has 0 aliphatic carbocycles. The van der Waals surface area contributed by atoms with Crippen LogP contribution in [0.15, 0.2) is 0 Å². The zero-order chi connectivity index (χ0) is 17.0. The first-order chi connectivity index (χ1) is 11.8. The van der Waals surface area contributed by atoms with Crippen molar-refractivity contribution in [3.8, 4) is 0 Å². The molecule has 2 rings (SSSR count). The molecule has 0 aromatic rings. The molecule has 0 radical (unpaired) electrons. The summed E-state index contributed by atoms with van der Waals surface area (Å²) in [5, 5.41) is 0. The summed E-state index contributed by atoms with van der Waals surface area (Å²) in [6, 6.07) is 0. The quantitative estimate of drug-likeness (QED) is 0.476. The molecule has 0 aromatic carbocycles. The van der Waals surface area contributed by atoms with Crippen molar-refractivity contribution in [2.24, 2.45) is 0 Å². The van der Waals surface area contributed by atoms with Crippen LogP contribution in [-0.4, -0.2) is 88.1 Å². The predicted octanol–water partition coefficient (Wildman–Crippen LogP) is 1.94. The first-order valence-electron chi connectivity index (χ1n) is 9.72. The minimum atomic E-state index is 0.0956. The smallest absolute Gasteiger partial charge is 0.134 e. The Kier molecular flexibility index (Phi) is 10.2. The van der Waals surface area contributed by atoms with Crippen LogP contribution in [0.1, 0.15) is 39.5 Å². The molecule has 0 saturated carbocycles. The molecule has 6 heteroatoms. The van der Waals surface area contributed by atoms with Gasteiger partial charge in [0.2, 0.25) is 0 Å². The van der Waals surface area contributed by atoms with Crippen molar-refractivity contribution in [2.75, 3.05) is 65.8 Å². The van der Waals surface area contributed by atoms with Crippen LogP contribution in [0, 0.1) is 0 Å². The van der Waals surface area contributed by atoms with E-state index in [4.69, 9.17) is 18.9 Å². The third-order valence-corrected chi connectivity index (χ3v) is 4.71. The fourth-order valence-corrected chi connectivity index (χ4v) is 3.45. The maximum absolute atomic E-state index is 5.80. The first kappa shape index (κ1) is 20.1. The van der Waals surface area contributed by atoms with Crippen molar-refractivity contribution < 1.29 is 18.9 Å². The Labute approximate surface area is 147 Å². The summed E-state index contributed by atoms with van der Waals surface area (Å²) in [5.41, 5.74) is 0. The molecule has 2 heterocycles. The number of rotatable bonds is 13. The van der Waals surface area contributed by atoms with Gasteiger partial charge in [0.25, 0.3) is 0 Å². The molecule has 2 atom stereocenters. The Bertz CT molecular complexity index is 277. The lowest BCUT2D eigenvalue weighted by Gasteiger charge is -2.27. The lowest BCUT2D eigenvalue weighted by atomic mass is 10.4. The molecule has 6 nitrogen and oxygen atoms in total. The SMILES string of the molecule is CCOC(COCCOCC(OCC)N1CCCC1)N1CCCC1. The fraction of sp³-hybridized carbons (Fsp3) is 1.00. The zero-order valence-corrected chi connectivity index (χ0v) is 15.6. The molecular weight excluding hydrogens is 308 g/mol. The second-order valence-electron chi connectivity index (χ2n) is 6.46. The minimum absolute atomic E-state index is 0.0956. The minimum Gasteiger partial charge on any atom is -0.375 e. The Morgan fingerprint density at radius 2 is 1.04 bits per heavy atom. The van der Waals surface area contributed by atoms with E-state index in [0.717, 1.165) is 39.4 Å². The van der Waals surface area contributed by atoms with Crippen molar-refractivity contribution in [1.82, 2.24) is 9.80 Å². The summed E-state index contributed by atoms with van der Waals surface area (Å²) in [4.78, 5) is 4.76. The second kappa shape index (κ2) is 12.2. The Morgan fingerprint density at radius 3 is 1.38 bits per heavy atom. The second-order valence-corrected chi connectivity index (χ2v) is 6.46. The lowest BCUT2D eigenvalue weighted by molar-refractivity contribution is -0.112. The number of hydrogen-bond acceptors (Lipinski definition) is 6. The number of likely N-dealkylation sites (tertiary alicyclic amines) is 2. The Morgan fingerprint density at radius 1 is 0.667 bits per heavy atom. The van der Waals surface area contributed by atoms with Gasteiger partial charge in [-0.05, 0) is 39.5 Å². The highest BCUT2D eigenvalue weighted by Crippen LogP contribution is 2.14. The summed E-state index contributed by atoms with van der Waals surface area (Å²) < 4.78 is 23.2. The van der Waals surface area contributed by atoms with E-state index >= 15 is 0 Å². The van der Waals surface area contributed by atoms with Crippen molar-refractivity contribution in [2.45, 2.75) is 52.0 Å². The van der Waals surface area contributed by atoms with Gasteiger partial charge >= 0.3 is 0 Å². The van der Waals surface area contributed by atoms with Crippen LogP contribution in [0.5, 0.6) is 0 Å². The highest BCUT2D eigenvalue weighted by atomic mass is 16.6. The van der Waals surface area contributed by atoms with Crippen molar-refractivity contribution >= 4 is 0 Å². The molecule has 2 aliphatic rings. The predicted molar refractivity (Wildman–Crippen MR) is 94.1 cm³/mol. The van der Waals surface area contributed by atoms with E-state index in [1.807, 2.05) is 13.8 Å². The zero-order valence-electron chi connectivity index (χ0n) is 15.6. The molecule has 2 aliphatic heterocycles. The van der Waals surface area contributed by atoms with Gasteiger partial charge in [0.1, 0.15) is 12.5 Å². The van der Waals surface area contributed by atoms with Gasteiger partial charge in [-0.3, -0.25) is 9.80 Å². The van der Waals surface area contributed by atoms with Crippen molar-refractivity contribution in [3.63, 3.8) is 0 Å². The van der Waals surface area contributed by atoms with Crippen LogP contribution in [0.2, 0.25) is 0 Å². The highest BCUT2D eigenvalue weighted by Gasteiger charge is 2.23. The van der Waals surface area contributed by atoms with Gasteiger partial charge in [0.15, 0.2) is 0 Å². The van der Waals surface area contributed by atoms with E-state index in [9.17, 15) is 0 Å². The molecular formula is C18H36N2O4. The fourth-order valence-electron chi connectivity index (χ4n) is 3.45. The topological polar surface area (TPSA) is 43.4 Å². The molecule has 24 heavy (non-hydrogen) atoms. The number of hydrogen-bond donors (Lipinski definition) is 0. The molecule has 2 saturated heterocycles. The van der Waals surface area contributed by atoms with E-state index in [0.29, 0.717) is 26.4 Å². The Balaban J connectivity index is 1.55. The van der Waals surface area contributed by atoms with Crippen molar-refractivity contribution in [3.05, 3.63) is 0 Å². The van der Waals surface area contributed by atoms with Gasteiger partial charge in [-0.25, -0.2) is 0 Å². The molecule has 2 fully saturated rings. The normalized spacial score (nSPS) is 22.2. The van der Waals surface area contributed by atoms with Crippen LogP contribution in [-0.2, 0) is 18.9 Å². The van der Waals surface area contributed by atoms with Gasteiger partial charge in [0.05, 0.1) is 26.4 Å². The summed E-state index contributed by atoms with van der Waals surface area (Å²) in [6.07, 6.45) is 5.25. The van der Waals surface area contributed by atoms with Gasteiger partial charge in [0, 0.05) is 39.4 Å². The molecule has 0 amide bonds. The molecule has 0 bridgehead atoms. The maximum atomic E-state index is 5.80. The third-order valence-electron chi connectivity index (χ3n) is 4.71. The third kappa shape index (κ3) is 6.94. The van der Waals surface area contributed by atoms with Gasteiger partial charge in [-0.2, -0.15) is 0 Å². The largest absolute Gasteiger partial charge is 0.375 e. The van der Waals surface area contributed by atoms with Crippen LogP contribution in [0.4, 0.5) is 0 Å². The number of nitrogens with zero attached hydrogens (tertiary/aromatic N) is 2. The van der Waals surface area contributed by atoms with Crippen LogP contribution < -0.4 is 0 Å². The maximum Gasteiger partial charge on any atom is 0.134 e. The summed E-state index contributed by atoms with van der Waals surface area (Å²) in [7, 11) is 0. The first-order valence-corrected chi connectivity index (χ1v) is 9.72. The van der Waals surface area contributed by atoms with E-state index in [1.54, 1.807) is 0 Å². The molecule has 0 spiro atoms. The van der Waals surface area contributed by atoms with Crippen LogP contribution >= 0.6 is 0 Å². The highest BCUT2D eigenvalue weighted by molar-refractivity contribution is 4.71. The van der Waals surface area contributed by atoms with Crippen LogP contribution in [0.25, 0.3) is 0 Å². The standard InChI is InChI=1S/C18H36N2O4/c1-3-23-17(19-9-5-6-10-19)15-21-13-14-22-16-18(24-4-2)20-11-7-8-12-20/h17-18H,3-16H2,1-2H3. The number of ether oxygens (including phenoxy) is 4. The average Bonchev–Trinajstić information content (AvgIpc) is 3.29. The average molecular weight is 344 g/mol. The van der Waals surface area contributed by atoms with E-state index in [2.05, 4.69) is 9.80 Å². The lowest BCUT2D eigenvalue weighted by Crippen LogP contribution is -2.40. The molecule has 142 valence electrons. The summed E-state index contributed by atoms with van der Waals surface area (Å²) >= 11 is 0. The van der Waals surface area contributed by atoms with Crippen molar-refractivity contribution in [1.29, 1.82) is 0 Å². The summed E-state index contributed by atoms with van der Waals surface area (Å²) in [6.45, 7) is 12.5. The molecule has 0 aromatic heterocycles. The van der Waals surface area contributed by atoms with Gasteiger partial charge in [-0.1, -0.05) is 0 Å². The van der Waals surface area contributed by atoms with Gasteiger partial charge in [-0.15, -0.1) is 0 Å². The van der Waals surface area contributed by atoms with E-state index < -0.39 is 0 Å². The Hall–Kier alpha value is -0.240. The van der Waals surface area contributed by atoms with Gasteiger partial charge < -0.3 is 18.9 Å². The monoisotopic (exact) mass is 344 g/mol.